The second-order valence-electron chi connectivity index (χ2n) is 5.76. The Morgan fingerprint density at radius 2 is 1.17 bits per heavy atom. The van der Waals surface area contributed by atoms with Crippen LogP contribution in [-0.2, 0) is 13.1 Å². The lowest BCUT2D eigenvalue weighted by Gasteiger charge is -2.07. The molecule has 5 heteroatoms. The Balaban J connectivity index is 1.47. The van der Waals surface area contributed by atoms with Crippen LogP contribution in [-0.4, -0.2) is 24.3 Å². The first kappa shape index (κ1) is 14.4. The molecule has 0 saturated carbocycles. The van der Waals surface area contributed by atoms with E-state index in [4.69, 9.17) is 0 Å². The largest absolute Gasteiger partial charge is 0.333 e. The molecule has 2 aromatic heterocycles. The monoisotopic (exact) mass is 315 g/mol. The molecule has 2 heterocycles. The van der Waals surface area contributed by atoms with Crippen LogP contribution >= 0.6 is 0 Å². The summed E-state index contributed by atoms with van der Waals surface area (Å²) in [5.74, 6) is 0. The molecule has 0 atom stereocenters. The maximum Gasteiger partial charge on any atom is 0.119 e. The minimum Gasteiger partial charge on any atom is -0.333 e. The predicted octanol–water partition coefficient (Wildman–Crippen LogP) is 3.24. The van der Waals surface area contributed by atoms with Crippen LogP contribution in [0.5, 0.6) is 0 Å². The molecule has 4 aromatic rings. The third-order valence-corrected chi connectivity index (χ3v) is 4.00. The van der Waals surface area contributed by atoms with Gasteiger partial charge in [-0.05, 0) is 22.3 Å². The van der Waals surface area contributed by atoms with Crippen molar-refractivity contribution in [3.63, 3.8) is 0 Å². The number of aromatic nitrogens is 5. The van der Waals surface area contributed by atoms with Gasteiger partial charge in [0, 0.05) is 25.5 Å². The van der Waals surface area contributed by atoms with Crippen LogP contribution in [0, 0.1) is 0 Å². The lowest BCUT2D eigenvalue weighted by molar-refractivity contribution is 0.794. The van der Waals surface area contributed by atoms with Gasteiger partial charge in [0.25, 0.3) is 0 Å². The summed E-state index contributed by atoms with van der Waals surface area (Å²) in [5, 5.41) is 7.65. The van der Waals surface area contributed by atoms with Crippen LogP contribution < -0.4 is 0 Å². The summed E-state index contributed by atoms with van der Waals surface area (Å²) < 4.78 is 4.02. The van der Waals surface area contributed by atoms with Crippen LogP contribution in [0.4, 0.5) is 0 Å². The molecular formula is C19H17N5. The van der Waals surface area contributed by atoms with Crippen molar-refractivity contribution in [2.75, 3.05) is 0 Å². The van der Waals surface area contributed by atoms with Gasteiger partial charge in [-0.3, -0.25) is 0 Å². The highest BCUT2D eigenvalue weighted by atomic mass is 15.2. The zero-order valence-electron chi connectivity index (χ0n) is 13.2. The zero-order valence-corrected chi connectivity index (χ0v) is 13.2. The Labute approximate surface area is 140 Å². The molecule has 0 aliphatic rings. The molecule has 24 heavy (non-hydrogen) atoms. The van der Waals surface area contributed by atoms with Gasteiger partial charge in [-0.15, -0.1) is 10.2 Å². The number of rotatable bonds is 5. The quantitative estimate of drug-likeness (QED) is 0.568. The van der Waals surface area contributed by atoms with Crippen LogP contribution in [0.3, 0.4) is 0 Å². The standard InChI is InChI=1S/C19H17N5/c1-5-18(6-2-16(1)11-23-10-9-20-13-23)19-7-3-17(4-8-19)12-24-14-21-22-15-24/h1-10,13-15H,11-12H2. The first-order valence-corrected chi connectivity index (χ1v) is 7.83. The summed E-state index contributed by atoms with van der Waals surface area (Å²) in [5.41, 5.74) is 4.94. The minimum atomic E-state index is 0.789. The van der Waals surface area contributed by atoms with E-state index in [0.717, 1.165) is 13.1 Å². The van der Waals surface area contributed by atoms with Crippen molar-refractivity contribution in [1.82, 2.24) is 24.3 Å². The van der Waals surface area contributed by atoms with Crippen molar-refractivity contribution >= 4 is 0 Å². The van der Waals surface area contributed by atoms with E-state index in [9.17, 15) is 0 Å². The van der Waals surface area contributed by atoms with Gasteiger partial charge >= 0.3 is 0 Å². The van der Waals surface area contributed by atoms with E-state index in [0.29, 0.717) is 0 Å². The topological polar surface area (TPSA) is 48.5 Å². The normalized spacial score (nSPS) is 10.8. The van der Waals surface area contributed by atoms with E-state index in [2.05, 4.69) is 68.3 Å². The molecule has 0 N–H and O–H groups in total. The Bertz CT molecular complexity index is 798. The molecule has 0 fully saturated rings. The molecule has 0 amide bonds. The highest BCUT2D eigenvalue weighted by Gasteiger charge is 2.01. The van der Waals surface area contributed by atoms with Crippen molar-refractivity contribution in [2.24, 2.45) is 0 Å². The lowest BCUT2D eigenvalue weighted by atomic mass is 10.0. The van der Waals surface area contributed by atoms with Gasteiger partial charge in [0.15, 0.2) is 0 Å². The van der Waals surface area contributed by atoms with Crippen LogP contribution in [0.25, 0.3) is 11.1 Å². The number of hydrogen-bond donors (Lipinski definition) is 0. The average molecular weight is 315 g/mol. The molecule has 118 valence electrons. The highest BCUT2D eigenvalue weighted by Crippen LogP contribution is 2.21. The second kappa shape index (κ2) is 6.50. The Morgan fingerprint density at radius 3 is 1.67 bits per heavy atom. The molecule has 2 aromatic carbocycles. The lowest BCUT2D eigenvalue weighted by Crippen LogP contribution is -1.96. The fourth-order valence-corrected chi connectivity index (χ4v) is 2.71. The van der Waals surface area contributed by atoms with Crippen LogP contribution in [0.2, 0.25) is 0 Å². The van der Waals surface area contributed by atoms with Gasteiger partial charge in [-0.1, -0.05) is 48.5 Å². The Morgan fingerprint density at radius 1 is 0.625 bits per heavy atom. The summed E-state index contributed by atoms with van der Waals surface area (Å²) in [7, 11) is 0. The molecule has 0 aliphatic heterocycles. The maximum atomic E-state index is 4.07. The zero-order chi connectivity index (χ0) is 16.2. The molecule has 0 spiro atoms. The fourth-order valence-electron chi connectivity index (χ4n) is 2.71. The molecule has 0 bridgehead atoms. The van der Waals surface area contributed by atoms with Crippen molar-refractivity contribution < 1.29 is 0 Å². The van der Waals surface area contributed by atoms with Gasteiger partial charge in [-0.2, -0.15) is 0 Å². The first-order chi connectivity index (χ1) is 11.9. The van der Waals surface area contributed by atoms with Crippen LogP contribution in [0.1, 0.15) is 11.1 Å². The second-order valence-corrected chi connectivity index (χ2v) is 5.76. The van der Waals surface area contributed by atoms with Crippen molar-refractivity contribution in [2.45, 2.75) is 13.1 Å². The van der Waals surface area contributed by atoms with E-state index in [-0.39, 0.29) is 0 Å². The molecule has 0 saturated heterocycles. The van der Waals surface area contributed by atoms with Crippen molar-refractivity contribution in [3.05, 3.63) is 91.0 Å². The summed E-state index contributed by atoms with van der Waals surface area (Å²) in [6.45, 7) is 1.63. The molecule has 4 rings (SSSR count). The highest BCUT2D eigenvalue weighted by molar-refractivity contribution is 5.64. The fraction of sp³-hybridized carbons (Fsp3) is 0.105. The first-order valence-electron chi connectivity index (χ1n) is 7.83. The average Bonchev–Trinajstić information content (AvgIpc) is 3.31. The predicted molar refractivity (Wildman–Crippen MR) is 92.3 cm³/mol. The summed E-state index contributed by atoms with van der Waals surface area (Å²) in [4.78, 5) is 4.07. The van der Waals surface area contributed by atoms with E-state index in [1.807, 2.05) is 17.1 Å². The summed E-state index contributed by atoms with van der Waals surface area (Å²) in [6, 6.07) is 17.3. The number of nitrogens with zero attached hydrogens (tertiary/aromatic N) is 5. The van der Waals surface area contributed by atoms with Crippen molar-refractivity contribution in [3.8, 4) is 11.1 Å². The van der Waals surface area contributed by atoms with E-state index < -0.39 is 0 Å². The van der Waals surface area contributed by atoms with Gasteiger partial charge < -0.3 is 9.13 Å². The Kier molecular flexibility index (Phi) is 3.90. The van der Waals surface area contributed by atoms with Crippen molar-refractivity contribution in [1.29, 1.82) is 0 Å². The SMILES string of the molecule is c1cn(Cc2ccc(-c3ccc(Cn4cnnc4)cc3)cc2)cn1. The molecule has 0 aliphatic carbocycles. The van der Waals surface area contributed by atoms with Crippen LogP contribution in [0.15, 0.2) is 79.9 Å². The van der Waals surface area contributed by atoms with Gasteiger partial charge in [0.1, 0.15) is 12.7 Å². The Hall–Kier alpha value is -3.21. The summed E-state index contributed by atoms with van der Waals surface area (Å²) >= 11 is 0. The van der Waals surface area contributed by atoms with E-state index >= 15 is 0 Å². The number of hydrogen-bond acceptors (Lipinski definition) is 3. The number of imidazole rings is 1. The van der Waals surface area contributed by atoms with Gasteiger partial charge in [0.2, 0.25) is 0 Å². The maximum absolute atomic E-state index is 4.07. The molecule has 0 radical (unpaired) electrons. The molecule has 0 unspecified atom stereocenters. The molecular weight excluding hydrogens is 298 g/mol. The molecule has 5 nitrogen and oxygen atoms in total. The van der Waals surface area contributed by atoms with Gasteiger partial charge in [0.05, 0.1) is 6.33 Å². The van der Waals surface area contributed by atoms with Gasteiger partial charge in [-0.25, -0.2) is 4.98 Å². The third-order valence-electron chi connectivity index (χ3n) is 4.00. The summed E-state index contributed by atoms with van der Waals surface area (Å²) in [6.07, 6.45) is 9.07. The van der Waals surface area contributed by atoms with E-state index in [1.54, 1.807) is 18.9 Å². The minimum absolute atomic E-state index is 0.789. The number of benzene rings is 2. The van der Waals surface area contributed by atoms with E-state index in [1.165, 1.54) is 22.3 Å². The smallest absolute Gasteiger partial charge is 0.119 e. The third kappa shape index (κ3) is 3.25.